The van der Waals surface area contributed by atoms with E-state index in [9.17, 15) is 13.2 Å². The topological polar surface area (TPSA) is 38.0 Å². The summed E-state index contributed by atoms with van der Waals surface area (Å²) in [6, 6.07) is 7.15. The Hall–Kier alpha value is -2.26. The summed E-state index contributed by atoms with van der Waals surface area (Å²) >= 11 is 0. The normalized spacial score (nSPS) is 11.0. The average Bonchev–Trinajstić information content (AvgIpc) is 2.90. The van der Waals surface area contributed by atoms with E-state index in [1.54, 1.807) is 24.3 Å². The summed E-state index contributed by atoms with van der Waals surface area (Å²) in [6.45, 7) is 0.284. The Labute approximate surface area is 120 Å². The van der Waals surface area contributed by atoms with Gasteiger partial charge in [0.2, 0.25) is 0 Å². The molecule has 0 bridgehead atoms. The number of nitrogens with zero attached hydrogens (tertiary/aromatic N) is 2. The minimum atomic E-state index is -4.37. The molecular weight excluding hydrogens is 281 g/mol. The highest BCUT2D eigenvalue weighted by molar-refractivity contribution is 5.36. The van der Waals surface area contributed by atoms with E-state index in [1.165, 1.54) is 4.68 Å². The molecular formula is C15H13F3N2O. The van der Waals surface area contributed by atoms with Crippen molar-refractivity contribution in [3.05, 3.63) is 53.3 Å². The van der Waals surface area contributed by atoms with E-state index in [0.29, 0.717) is 6.42 Å². The van der Waals surface area contributed by atoms with Crippen molar-refractivity contribution in [3.8, 4) is 11.8 Å². The van der Waals surface area contributed by atoms with Crippen LogP contribution in [0.3, 0.4) is 0 Å². The van der Waals surface area contributed by atoms with Gasteiger partial charge in [-0.1, -0.05) is 24.0 Å². The van der Waals surface area contributed by atoms with Gasteiger partial charge in [0.1, 0.15) is 0 Å². The van der Waals surface area contributed by atoms with Crippen LogP contribution in [0, 0.1) is 11.8 Å². The molecule has 2 aromatic rings. The van der Waals surface area contributed by atoms with Gasteiger partial charge >= 0.3 is 6.18 Å². The highest BCUT2D eigenvalue weighted by atomic mass is 19.4. The van der Waals surface area contributed by atoms with Gasteiger partial charge in [0.15, 0.2) is 0 Å². The maximum atomic E-state index is 12.5. The predicted octanol–water partition coefficient (Wildman–Crippen LogP) is 2.68. The SMILES string of the molecule is OCCC#Cc1ccc(Cn2cc(C(F)(F)F)cn2)cc1. The molecule has 0 aliphatic heterocycles. The van der Waals surface area contributed by atoms with Crippen LogP contribution < -0.4 is 0 Å². The Kier molecular flexibility index (Phi) is 4.66. The first-order valence-electron chi connectivity index (χ1n) is 6.27. The molecule has 0 fully saturated rings. The summed E-state index contributed by atoms with van der Waals surface area (Å²) in [5.74, 6) is 5.68. The zero-order valence-electron chi connectivity index (χ0n) is 11.1. The lowest BCUT2D eigenvalue weighted by Gasteiger charge is -2.03. The maximum absolute atomic E-state index is 12.5. The van der Waals surface area contributed by atoms with Crippen molar-refractivity contribution in [2.24, 2.45) is 0 Å². The first-order valence-corrected chi connectivity index (χ1v) is 6.27. The van der Waals surface area contributed by atoms with Crippen LogP contribution in [0.25, 0.3) is 0 Å². The third kappa shape index (κ3) is 4.36. The van der Waals surface area contributed by atoms with Crippen molar-refractivity contribution in [1.29, 1.82) is 0 Å². The summed E-state index contributed by atoms with van der Waals surface area (Å²) in [5.41, 5.74) is 0.872. The van der Waals surface area contributed by atoms with Crippen LogP contribution in [0.4, 0.5) is 13.2 Å². The Bertz CT molecular complexity index is 648. The van der Waals surface area contributed by atoms with E-state index in [4.69, 9.17) is 5.11 Å². The van der Waals surface area contributed by atoms with E-state index in [1.807, 2.05) is 0 Å². The van der Waals surface area contributed by atoms with Crippen molar-refractivity contribution in [1.82, 2.24) is 9.78 Å². The second-order valence-corrected chi connectivity index (χ2v) is 4.40. The highest BCUT2D eigenvalue weighted by Gasteiger charge is 2.32. The Morgan fingerprint density at radius 3 is 2.48 bits per heavy atom. The van der Waals surface area contributed by atoms with Crippen LogP contribution >= 0.6 is 0 Å². The summed E-state index contributed by atoms with van der Waals surface area (Å²) in [7, 11) is 0. The van der Waals surface area contributed by atoms with Crippen molar-refractivity contribution in [3.63, 3.8) is 0 Å². The maximum Gasteiger partial charge on any atom is 0.419 e. The van der Waals surface area contributed by atoms with Crippen LogP contribution in [0.2, 0.25) is 0 Å². The summed E-state index contributed by atoms with van der Waals surface area (Å²) in [6.07, 6.45) is -2.16. The standard InChI is InChI=1S/C15H13F3N2O/c16-15(17,18)14-9-19-20(11-14)10-13-6-4-12(5-7-13)3-1-2-8-21/h4-7,9,11,21H,2,8,10H2. The largest absolute Gasteiger partial charge is 0.419 e. The molecule has 0 saturated heterocycles. The van der Waals surface area contributed by atoms with Gasteiger partial charge in [0.25, 0.3) is 0 Å². The molecule has 21 heavy (non-hydrogen) atoms. The van der Waals surface area contributed by atoms with Gasteiger partial charge in [-0.15, -0.1) is 0 Å². The highest BCUT2D eigenvalue weighted by Crippen LogP contribution is 2.28. The van der Waals surface area contributed by atoms with Crippen molar-refractivity contribution < 1.29 is 18.3 Å². The fourth-order valence-corrected chi connectivity index (χ4v) is 1.70. The van der Waals surface area contributed by atoms with Gasteiger partial charge in [0.05, 0.1) is 24.9 Å². The van der Waals surface area contributed by atoms with Crippen molar-refractivity contribution in [2.75, 3.05) is 6.61 Å². The number of benzene rings is 1. The zero-order chi connectivity index (χ0) is 15.3. The smallest absolute Gasteiger partial charge is 0.395 e. The van der Waals surface area contributed by atoms with Crippen molar-refractivity contribution in [2.45, 2.75) is 19.1 Å². The van der Waals surface area contributed by atoms with Crippen LogP contribution in [0.5, 0.6) is 0 Å². The first kappa shape index (κ1) is 15.1. The Morgan fingerprint density at radius 2 is 1.90 bits per heavy atom. The molecule has 0 saturated carbocycles. The van der Waals surface area contributed by atoms with Crippen LogP contribution in [-0.4, -0.2) is 21.5 Å². The third-order valence-electron chi connectivity index (χ3n) is 2.73. The number of alkyl halides is 3. The van der Waals surface area contributed by atoms with Gasteiger partial charge in [0, 0.05) is 18.2 Å². The van der Waals surface area contributed by atoms with Gasteiger partial charge in [-0.05, 0) is 17.7 Å². The molecule has 2 rings (SSSR count). The zero-order valence-corrected chi connectivity index (χ0v) is 11.1. The van der Waals surface area contributed by atoms with Gasteiger partial charge in [-0.2, -0.15) is 18.3 Å². The Morgan fingerprint density at radius 1 is 1.19 bits per heavy atom. The van der Waals surface area contributed by atoms with Gasteiger partial charge in [-0.3, -0.25) is 4.68 Å². The van der Waals surface area contributed by atoms with E-state index in [-0.39, 0.29) is 13.2 Å². The Balaban J connectivity index is 2.04. The number of hydrogen-bond acceptors (Lipinski definition) is 2. The molecule has 110 valence electrons. The van der Waals surface area contributed by atoms with Crippen molar-refractivity contribution >= 4 is 0 Å². The minimum Gasteiger partial charge on any atom is -0.395 e. The van der Waals surface area contributed by atoms with Gasteiger partial charge < -0.3 is 5.11 Å². The van der Waals surface area contributed by atoms with Crippen LogP contribution in [0.15, 0.2) is 36.7 Å². The lowest BCUT2D eigenvalue weighted by Crippen LogP contribution is -2.04. The monoisotopic (exact) mass is 294 g/mol. The molecule has 0 radical (unpaired) electrons. The molecule has 1 aromatic carbocycles. The average molecular weight is 294 g/mol. The van der Waals surface area contributed by atoms with Gasteiger partial charge in [-0.25, -0.2) is 0 Å². The molecule has 0 unspecified atom stereocenters. The lowest BCUT2D eigenvalue weighted by atomic mass is 10.1. The quantitative estimate of drug-likeness (QED) is 0.884. The molecule has 0 spiro atoms. The number of halogens is 3. The van der Waals surface area contributed by atoms with Crippen LogP contribution in [-0.2, 0) is 12.7 Å². The molecule has 6 heteroatoms. The molecule has 0 aliphatic carbocycles. The third-order valence-corrected chi connectivity index (χ3v) is 2.73. The van der Waals surface area contributed by atoms with E-state index in [2.05, 4.69) is 16.9 Å². The van der Waals surface area contributed by atoms with E-state index >= 15 is 0 Å². The van der Waals surface area contributed by atoms with E-state index < -0.39 is 11.7 Å². The number of aromatic nitrogens is 2. The lowest BCUT2D eigenvalue weighted by molar-refractivity contribution is -0.137. The molecule has 1 heterocycles. The fraction of sp³-hybridized carbons (Fsp3) is 0.267. The molecule has 0 atom stereocenters. The number of aliphatic hydroxyl groups excluding tert-OH is 1. The molecule has 1 aromatic heterocycles. The fourth-order valence-electron chi connectivity index (χ4n) is 1.70. The van der Waals surface area contributed by atoms with E-state index in [0.717, 1.165) is 23.5 Å². The summed E-state index contributed by atoms with van der Waals surface area (Å²) < 4.78 is 38.6. The molecule has 0 amide bonds. The second-order valence-electron chi connectivity index (χ2n) is 4.40. The second kappa shape index (κ2) is 6.46. The minimum absolute atomic E-state index is 0.0198. The molecule has 0 aliphatic rings. The summed E-state index contributed by atoms with van der Waals surface area (Å²) in [5, 5.41) is 12.3. The number of aliphatic hydroxyl groups is 1. The molecule has 3 nitrogen and oxygen atoms in total. The summed E-state index contributed by atoms with van der Waals surface area (Å²) in [4.78, 5) is 0. The van der Waals surface area contributed by atoms with Crippen LogP contribution in [0.1, 0.15) is 23.1 Å². The first-order chi connectivity index (χ1) is 9.99. The predicted molar refractivity (Wildman–Crippen MR) is 71.4 cm³/mol. The number of hydrogen-bond donors (Lipinski definition) is 1. The molecule has 1 N–H and O–H groups in total. The number of rotatable bonds is 3.